The largest absolute Gasteiger partial charge is 0.504 e. The van der Waals surface area contributed by atoms with Crippen molar-refractivity contribution >= 4 is 8.80 Å². The second-order valence-corrected chi connectivity index (χ2v) is 8.62. The Morgan fingerprint density at radius 3 is 1.32 bits per heavy atom. The van der Waals surface area contributed by atoms with Crippen molar-refractivity contribution in [3.05, 3.63) is 0 Å². The normalized spacial score (nSPS) is 23.7. The zero-order valence-electron chi connectivity index (χ0n) is 13.6. The SMILES string of the molecule is CCC(C)O[Si](OC(C)CC)(OC(C)CC)C1CC1. The van der Waals surface area contributed by atoms with E-state index >= 15 is 0 Å². The Balaban J connectivity index is 2.82. The first-order valence-corrected chi connectivity index (χ1v) is 9.80. The van der Waals surface area contributed by atoms with Gasteiger partial charge in [-0.3, -0.25) is 0 Å². The Hall–Kier alpha value is 0.0969. The monoisotopic (exact) mass is 288 g/mol. The summed E-state index contributed by atoms with van der Waals surface area (Å²) in [5, 5.41) is 0. The average Bonchev–Trinajstić information content (AvgIpc) is 3.22. The highest BCUT2D eigenvalue weighted by molar-refractivity contribution is 6.63. The summed E-state index contributed by atoms with van der Waals surface area (Å²) < 4.78 is 19.1. The Labute approximate surface area is 120 Å². The smallest absolute Gasteiger partial charge is 0.370 e. The molecule has 19 heavy (non-hydrogen) atoms. The fourth-order valence-electron chi connectivity index (χ4n) is 1.90. The van der Waals surface area contributed by atoms with Gasteiger partial charge in [-0.2, -0.15) is 0 Å². The molecular weight excluding hydrogens is 256 g/mol. The van der Waals surface area contributed by atoms with E-state index in [1.165, 1.54) is 12.8 Å². The van der Waals surface area contributed by atoms with E-state index in [1.807, 2.05) is 0 Å². The quantitative estimate of drug-likeness (QED) is 0.553. The molecule has 0 aromatic rings. The van der Waals surface area contributed by atoms with Crippen LogP contribution < -0.4 is 0 Å². The van der Waals surface area contributed by atoms with Crippen molar-refractivity contribution in [2.24, 2.45) is 0 Å². The average molecular weight is 289 g/mol. The first kappa shape index (κ1) is 17.1. The lowest BCUT2D eigenvalue weighted by molar-refractivity contribution is -0.0123. The van der Waals surface area contributed by atoms with Crippen molar-refractivity contribution < 1.29 is 13.3 Å². The summed E-state index contributed by atoms with van der Waals surface area (Å²) in [6.07, 6.45) is 6.10. The van der Waals surface area contributed by atoms with E-state index in [-0.39, 0.29) is 18.3 Å². The third kappa shape index (κ3) is 5.18. The third-order valence-electron chi connectivity index (χ3n) is 3.90. The van der Waals surface area contributed by atoms with Gasteiger partial charge in [-0.15, -0.1) is 0 Å². The minimum absolute atomic E-state index is 0.223. The number of hydrogen-bond acceptors (Lipinski definition) is 3. The van der Waals surface area contributed by atoms with E-state index in [2.05, 4.69) is 41.5 Å². The Morgan fingerprint density at radius 2 is 1.11 bits per heavy atom. The standard InChI is InChI=1S/C15H32O3Si/c1-7-12(4)16-19(15-10-11-15,17-13(5)8-2)18-14(6)9-3/h12-15H,7-11H2,1-6H3. The summed E-state index contributed by atoms with van der Waals surface area (Å²) in [4.78, 5) is 0. The second kappa shape index (κ2) is 7.77. The van der Waals surface area contributed by atoms with Gasteiger partial charge >= 0.3 is 8.80 Å². The molecule has 0 N–H and O–H groups in total. The van der Waals surface area contributed by atoms with Gasteiger partial charge in [0.1, 0.15) is 0 Å². The first-order chi connectivity index (χ1) is 8.97. The van der Waals surface area contributed by atoms with Crippen LogP contribution >= 0.6 is 0 Å². The predicted octanol–water partition coefficient (Wildman–Crippen LogP) is 4.53. The Kier molecular flexibility index (Phi) is 7.01. The molecule has 1 aliphatic carbocycles. The fourth-order valence-corrected chi connectivity index (χ4v) is 5.70. The van der Waals surface area contributed by atoms with Gasteiger partial charge in [0.05, 0.1) is 0 Å². The molecular formula is C15H32O3Si. The van der Waals surface area contributed by atoms with E-state index in [0.717, 1.165) is 19.3 Å². The lowest BCUT2D eigenvalue weighted by atomic mass is 10.3. The molecule has 3 unspecified atom stereocenters. The summed E-state index contributed by atoms with van der Waals surface area (Å²) in [5.41, 5.74) is 0.532. The molecule has 0 radical (unpaired) electrons. The lowest BCUT2D eigenvalue weighted by Crippen LogP contribution is -2.52. The van der Waals surface area contributed by atoms with E-state index < -0.39 is 8.80 Å². The van der Waals surface area contributed by atoms with Gasteiger partial charge < -0.3 is 13.3 Å². The van der Waals surface area contributed by atoms with E-state index in [9.17, 15) is 0 Å². The molecule has 1 fully saturated rings. The van der Waals surface area contributed by atoms with Crippen molar-refractivity contribution in [2.75, 3.05) is 0 Å². The molecule has 1 rings (SSSR count). The van der Waals surface area contributed by atoms with Crippen molar-refractivity contribution in [2.45, 2.75) is 97.5 Å². The molecule has 0 heterocycles. The van der Waals surface area contributed by atoms with Gasteiger partial charge in [0.2, 0.25) is 0 Å². The molecule has 3 nitrogen and oxygen atoms in total. The van der Waals surface area contributed by atoms with Crippen LogP contribution in [0.2, 0.25) is 5.54 Å². The fraction of sp³-hybridized carbons (Fsp3) is 1.00. The van der Waals surface area contributed by atoms with Crippen molar-refractivity contribution in [3.8, 4) is 0 Å². The van der Waals surface area contributed by atoms with E-state index in [1.54, 1.807) is 0 Å². The minimum Gasteiger partial charge on any atom is -0.370 e. The van der Waals surface area contributed by atoms with Crippen LogP contribution in [-0.2, 0) is 13.3 Å². The molecule has 114 valence electrons. The van der Waals surface area contributed by atoms with Crippen LogP contribution in [0.25, 0.3) is 0 Å². The Bertz CT molecular complexity index is 224. The maximum atomic E-state index is 6.35. The van der Waals surface area contributed by atoms with E-state index in [0.29, 0.717) is 5.54 Å². The van der Waals surface area contributed by atoms with Crippen molar-refractivity contribution in [1.29, 1.82) is 0 Å². The molecule has 0 saturated heterocycles. The number of hydrogen-bond donors (Lipinski definition) is 0. The zero-order chi connectivity index (χ0) is 14.5. The van der Waals surface area contributed by atoms with Crippen molar-refractivity contribution in [3.63, 3.8) is 0 Å². The van der Waals surface area contributed by atoms with Crippen LogP contribution in [0.3, 0.4) is 0 Å². The maximum Gasteiger partial charge on any atom is 0.504 e. The summed E-state index contributed by atoms with van der Waals surface area (Å²) in [6, 6.07) is 0. The van der Waals surface area contributed by atoms with Gasteiger partial charge in [0.25, 0.3) is 0 Å². The van der Waals surface area contributed by atoms with Crippen LogP contribution in [0.1, 0.15) is 73.6 Å². The van der Waals surface area contributed by atoms with Gasteiger partial charge in [0, 0.05) is 23.9 Å². The summed E-state index contributed by atoms with van der Waals surface area (Å²) in [7, 11) is -2.51. The maximum absolute atomic E-state index is 6.35. The second-order valence-electron chi connectivity index (χ2n) is 5.89. The first-order valence-electron chi connectivity index (χ1n) is 8.00. The minimum atomic E-state index is -2.51. The van der Waals surface area contributed by atoms with Gasteiger partial charge in [-0.05, 0) is 52.9 Å². The summed E-state index contributed by atoms with van der Waals surface area (Å²) in [6.45, 7) is 12.9. The highest BCUT2D eigenvalue weighted by Crippen LogP contribution is 2.48. The van der Waals surface area contributed by atoms with Crippen LogP contribution in [-0.4, -0.2) is 27.1 Å². The third-order valence-corrected chi connectivity index (χ3v) is 7.67. The molecule has 0 amide bonds. The zero-order valence-corrected chi connectivity index (χ0v) is 14.6. The lowest BCUT2D eigenvalue weighted by Gasteiger charge is -2.36. The molecule has 0 aliphatic heterocycles. The Morgan fingerprint density at radius 1 is 0.789 bits per heavy atom. The topological polar surface area (TPSA) is 27.7 Å². The molecule has 0 bridgehead atoms. The molecule has 1 aliphatic rings. The van der Waals surface area contributed by atoms with E-state index in [4.69, 9.17) is 13.3 Å². The van der Waals surface area contributed by atoms with Gasteiger partial charge in [0.15, 0.2) is 0 Å². The highest BCUT2D eigenvalue weighted by atomic mass is 28.4. The van der Waals surface area contributed by atoms with Crippen LogP contribution in [0.15, 0.2) is 0 Å². The predicted molar refractivity (Wildman–Crippen MR) is 81.3 cm³/mol. The van der Waals surface area contributed by atoms with Crippen LogP contribution in [0.5, 0.6) is 0 Å². The highest BCUT2D eigenvalue weighted by Gasteiger charge is 2.57. The molecule has 4 heteroatoms. The summed E-state index contributed by atoms with van der Waals surface area (Å²) in [5.74, 6) is 0. The molecule has 0 spiro atoms. The van der Waals surface area contributed by atoms with Gasteiger partial charge in [-0.1, -0.05) is 20.8 Å². The van der Waals surface area contributed by atoms with Gasteiger partial charge in [-0.25, -0.2) is 0 Å². The molecule has 1 saturated carbocycles. The molecule has 0 aromatic carbocycles. The van der Waals surface area contributed by atoms with Crippen molar-refractivity contribution in [1.82, 2.24) is 0 Å². The molecule has 0 aromatic heterocycles. The number of rotatable bonds is 10. The van der Waals surface area contributed by atoms with Crippen LogP contribution in [0.4, 0.5) is 0 Å². The van der Waals surface area contributed by atoms with Crippen LogP contribution in [0, 0.1) is 0 Å². The molecule has 3 atom stereocenters. The summed E-state index contributed by atoms with van der Waals surface area (Å²) >= 11 is 0.